The molecule has 0 fully saturated rings. The Balaban J connectivity index is 1.53. The van der Waals surface area contributed by atoms with Gasteiger partial charge in [-0.1, -0.05) is 157 Å². The van der Waals surface area contributed by atoms with E-state index in [4.69, 9.17) is 12.3 Å². The Bertz CT molecular complexity index is 2850. The highest BCUT2D eigenvalue weighted by atomic mass is 14.2. The van der Waals surface area contributed by atoms with Crippen molar-refractivity contribution in [1.82, 2.24) is 0 Å². The van der Waals surface area contributed by atoms with Crippen LogP contribution in [0.4, 0.5) is 0 Å². The van der Waals surface area contributed by atoms with Crippen LogP contribution in [0.15, 0.2) is 170 Å². The molecule has 0 saturated carbocycles. The molecule has 0 unspecified atom stereocenters. The van der Waals surface area contributed by atoms with E-state index in [1.807, 2.05) is 66.7 Å². The van der Waals surface area contributed by atoms with E-state index in [1.165, 1.54) is 0 Å². The molecule has 0 aromatic heterocycles. The molecular weight excluding hydrogens is 504 g/mol. The Labute approximate surface area is 264 Å². The number of rotatable bonds is 4. The highest BCUT2D eigenvalue weighted by Gasteiger charge is 2.17. The van der Waals surface area contributed by atoms with E-state index in [2.05, 4.69) is 6.07 Å². The molecule has 0 aliphatic rings. The summed E-state index contributed by atoms with van der Waals surface area (Å²) in [7, 11) is 0. The van der Waals surface area contributed by atoms with Crippen LogP contribution in [0.1, 0.15) is 17.8 Å². The van der Waals surface area contributed by atoms with Gasteiger partial charge in [-0.3, -0.25) is 0 Å². The van der Waals surface area contributed by atoms with Crippen LogP contribution in [0.3, 0.4) is 0 Å². The Kier molecular flexibility index (Phi) is 3.50. The maximum absolute atomic E-state index is 9.23. The third kappa shape index (κ3) is 4.08. The van der Waals surface area contributed by atoms with Crippen molar-refractivity contribution < 1.29 is 17.8 Å². The maximum atomic E-state index is 9.23. The van der Waals surface area contributed by atoms with Crippen molar-refractivity contribution in [3.63, 3.8) is 0 Å². The SMILES string of the molecule is [2H]c1c([2H])c([2H])c(-c2c3c([2H])c([2H])c([2H])c([2H])c3c(-c3cccc(-c4cccc5cc(-c6ccccc6)ccc45)c3)c3c([2H])c([2H])c([2H])c([2H])c23)c([2H])c1[2H]. The third-order valence-corrected chi connectivity index (χ3v) is 7.57. The van der Waals surface area contributed by atoms with Gasteiger partial charge >= 0.3 is 0 Å². The average molecular weight is 546 g/mol. The molecule has 0 bridgehead atoms. The number of hydrogen-bond donors (Lipinski definition) is 0. The number of benzene rings is 8. The summed E-state index contributed by atoms with van der Waals surface area (Å²) < 4.78 is 114. The smallest absolute Gasteiger partial charge is 0.0622 e. The van der Waals surface area contributed by atoms with Gasteiger partial charge in [0.2, 0.25) is 0 Å². The molecule has 0 saturated heterocycles. The van der Waals surface area contributed by atoms with Crippen molar-refractivity contribution in [3.05, 3.63) is 170 Å². The molecule has 0 spiro atoms. The molecule has 0 heterocycles. The van der Waals surface area contributed by atoms with Crippen LogP contribution in [0.25, 0.3) is 76.8 Å². The van der Waals surface area contributed by atoms with Gasteiger partial charge < -0.3 is 0 Å². The van der Waals surface area contributed by atoms with Gasteiger partial charge in [-0.25, -0.2) is 0 Å². The van der Waals surface area contributed by atoms with E-state index in [0.717, 1.165) is 33.0 Å². The minimum atomic E-state index is -0.707. The van der Waals surface area contributed by atoms with Crippen LogP contribution in [0.2, 0.25) is 0 Å². The Morgan fingerprint density at radius 1 is 0.333 bits per heavy atom. The lowest BCUT2D eigenvalue weighted by Crippen LogP contribution is -1.91. The molecule has 0 N–H and O–H groups in total. The summed E-state index contributed by atoms with van der Waals surface area (Å²) in [5, 5.41) is 1.21. The zero-order valence-corrected chi connectivity index (χ0v) is 22.2. The fourth-order valence-electron chi connectivity index (χ4n) is 5.73. The second-order valence-electron chi connectivity index (χ2n) is 9.94. The molecule has 8 aromatic carbocycles. The molecule has 0 radical (unpaired) electrons. The van der Waals surface area contributed by atoms with E-state index < -0.39 is 84.1 Å². The second-order valence-corrected chi connectivity index (χ2v) is 9.94. The average Bonchev–Trinajstić information content (AvgIpc) is 3.21. The number of hydrogen-bond acceptors (Lipinski definition) is 0. The minimum Gasteiger partial charge on any atom is -0.0622 e. The molecule has 0 aliphatic carbocycles. The molecule has 42 heavy (non-hydrogen) atoms. The predicted octanol–water partition coefficient (Wildman–Crippen LogP) is 11.8. The molecule has 0 aliphatic heterocycles. The lowest BCUT2D eigenvalue weighted by Gasteiger charge is -2.18. The Hall–Kier alpha value is -5.46. The third-order valence-electron chi connectivity index (χ3n) is 7.57. The van der Waals surface area contributed by atoms with Crippen molar-refractivity contribution in [1.29, 1.82) is 0 Å². The first-order chi connectivity index (χ1) is 26.2. The van der Waals surface area contributed by atoms with Crippen LogP contribution in [0.5, 0.6) is 0 Å². The van der Waals surface area contributed by atoms with Gasteiger partial charge in [0.05, 0.1) is 17.8 Å². The Morgan fingerprint density at radius 2 is 0.905 bits per heavy atom. The summed E-state index contributed by atoms with van der Waals surface area (Å²) in [6.45, 7) is 0. The lowest BCUT2D eigenvalue weighted by atomic mass is 9.85. The lowest BCUT2D eigenvalue weighted by molar-refractivity contribution is 1.62. The summed E-state index contributed by atoms with van der Waals surface area (Å²) >= 11 is 0. The van der Waals surface area contributed by atoms with Crippen LogP contribution >= 0.6 is 0 Å². The van der Waals surface area contributed by atoms with Gasteiger partial charge in [0, 0.05) is 0 Å². The molecule has 0 nitrogen and oxygen atoms in total. The fourth-order valence-corrected chi connectivity index (χ4v) is 5.73. The van der Waals surface area contributed by atoms with E-state index in [1.54, 1.807) is 18.2 Å². The molecule has 0 heteroatoms. The molecule has 8 rings (SSSR count). The summed E-state index contributed by atoms with van der Waals surface area (Å²) in [5.41, 5.74) is 3.42. The van der Waals surface area contributed by atoms with Gasteiger partial charge in [-0.2, -0.15) is 0 Å². The Morgan fingerprint density at radius 3 is 1.60 bits per heavy atom. The topological polar surface area (TPSA) is 0 Å². The molecule has 196 valence electrons. The summed E-state index contributed by atoms with van der Waals surface area (Å²) in [6, 6.07) is 21.0. The first-order valence-corrected chi connectivity index (χ1v) is 13.5. The van der Waals surface area contributed by atoms with Crippen LogP contribution in [-0.2, 0) is 0 Å². The monoisotopic (exact) mass is 545 g/mol. The summed E-state index contributed by atoms with van der Waals surface area (Å²) in [4.78, 5) is 0. The van der Waals surface area contributed by atoms with Crippen molar-refractivity contribution in [3.8, 4) is 44.5 Å². The van der Waals surface area contributed by atoms with E-state index in [9.17, 15) is 5.48 Å². The largest absolute Gasteiger partial charge is 0.0629 e. The van der Waals surface area contributed by atoms with Crippen LogP contribution in [0, 0.1) is 0 Å². The maximum Gasteiger partial charge on any atom is 0.0629 e. The predicted molar refractivity (Wildman–Crippen MR) is 181 cm³/mol. The summed E-state index contributed by atoms with van der Waals surface area (Å²) in [6.07, 6.45) is 0. The van der Waals surface area contributed by atoms with E-state index >= 15 is 0 Å². The van der Waals surface area contributed by atoms with Gasteiger partial charge in [0.1, 0.15) is 0 Å². The van der Waals surface area contributed by atoms with Gasteiger partial charge in [0.25, 0.3) is 0 Å². The highest BCUT2D eigenvalue weighted by molar-refractivity contribution is 6.21. The number of fused-ring (bicyclic) bond motifs is 3. The van der Waals surface area contributed by atoms with Crippen LogP contribution < -0.4 is 0 Å². The van der Waals surface area contributed by atoms with E-state index in [0.29, 0.717) is 5.56 Å². The first kappa shape index (κ1) is 14.4. The van der Waals surface area contributed by atoms with Crippen LogP contribution in [-0.4, -0.2) is 0 Å². The molecule has 0 atom stereocenters. The fraction of sp³-hybridized carbons (Fsp3) is 0. The highest BCUT2D eigenvalue weighted by Crippen LogP contribution is 2.44. The van der Waals surface area contributed by atoms with E-state index in [-0.39, 0.29) is 32.7 Å². The van der Waals surface area contributed by atoms with Crippen molar-refractivity contribution in [2.45, 2.75) is 0 Å². The second kappa shape index (κ2) is 10.2. The van der Waals surface area contributed by atoms with Gasteiger partial charge in [-0.15, -0.1) is 0 Å². The minimum absolute atomic E-state index is 0.0913. The zero-order chi connectivity index (χ0) is 39.2. The summed E-state index contributed by atoms with van der Waals surface area (Å²) in [5.74, 6) is 0. The van der Waals surface area contributed by atoms with Crippen molar-refractivity contribution in [2.24, 2.45) is 0 Å². The van der Waals surface area contributed by atoms with Crippen molar-refractivity contribution >= 4 is 32.3 Å². The molecule has 8 aromatic rings. The normalized spacial score (nSPS) is 15.7. The first-order valence-electron chi connectivity index (χ1n) is 20.0. The quantitative estimate of drug-likeness (QED) is 0.193. The van der Waals surface area contributed by atoms with Gasteiger partial charge in [0.15, 0.2) is 0 Å². The standard InChI is InChI=1S/C42H28/c1-3-13-29(14-4-1)31-25-26-36-32(27-31)18-12-24-35(36)33-17-11-19-34(28-33)42-39-22-9-7-20-37(39)41(30-15-5-2-6-16-30)38-21-8-10-23-40(38)42/h1-28H/i2D,5D,6D,7D,8D,9D,10D,15D,16D,20D,21D,22D,23D. The van der Waals surface area contributed by atoms with Crippen molar-refractivity contribution in [2.75, 3.05) is 0 Å². The molecular formula is C42H28. The molecule has 0 amide bonds. The zero-order valence-electron chi connectivity index (χ0n) is 35.2. The van der Waals surface area contributed by atoms with Gasteiger partial charge in [-0.05, 0) is 89.0 Å².